The van der Waals surface area contributed by atoms with Gasteiger partial charge in [0.25, 0.3) is 5.91 Å². The molecule has 1 saturated heterocycles. The van der Waals surface area contributed by atoms with Crippen molar-refractivity contribution in [3.63, 3.8) is 0 Å². The summed E-state index contributed by atoms with van der Waals surface area (Å²) in [6, 6.07) is 0. The summed E-state index contributed by atoms with van der Waals surface area (Å²) < 4.78 is 1.78. The van der Waals surface area contributed by atoms with Crippen molar-refractivity contribution in [2.24, 2.45) is 17.1 Å². The van der Waals surface area contributed by atoms with Gasteiger partial charge in [-0.3, -0.25) is 14.3 Å². The quantitative estimate of drug-likeness (QED) is 0.897. The highest BCUT2D eigenvalue weighted by atomic mass is 16.2. The summed E-state index contributed by atoms with van der Waals surface area (Å²) in [7, 11) is 0. The van der Waals surface area contributed by atoms with Gasteiger partial charge in [-0.15, -0.1) is 0 Å². The lowest BCUT2D eigenvalue weighted by Gasteiger charge is -2.41. The van der Waals surface area contributed by atoms with E-state index in [1.807, 2.05) is 13.8 Å². The number of aromatic nitrogens is 2. The Kier molecular flexibility index (Phi) is 4.17. The number of primary amides is 1. The lowest BCUT2D eigenvalue weighted by Crippen LogP contribution is -2.52. The zero-order valence-electron chi connectivity index (χ0n) is 14.0. The van der Waals surface area contributed by atoms with Crippen molar-refractivity contribution in [2.75, 3.05) is 13.1 Å². The Labute approximate surface area is 137 Å². The van der Waals surface area contributed by atoms with Gasteiger partial charge >= 0.3 is 0 Å². The highest BCUT2D eigenvalue weighted by Crippen LogP contribution is 2.44. The van der Waals surface area contributed by atoms with Crippen LogP contribution in [0.1, 0.15) is 55.1 Å². The fourth-order valence-electron chi connectivity index (χ4n) is 3.71. The Balaban J connectivity index is 1.80. The van der Waals surface area contributed by atoms with E-state index in [-0.39, 0.29) is 11.8 Å². The smallest absolute Gasteiger partial charge is 0.257 e. The maximum Gasteiger partial charge on any atom is 0.257 e. The van der Waals surface area contributed by atoms with E-state index in [1.54, 1.807) is 15.8 Å². The van der Waals surface area contributed by atoms with Gasteiger partial charge in [0.1, 0.15) is 0 Å². The molecule has 1 aromatic heterocycles. The standard InChI is InChI=1S/C17H26N4O2/c1-3-21-10-14(12(2)19-21)15(22)20-8-4-7-17(11-20,16(18)23)9-13-5-6-13/h10,13H,3-9,11H2,1-2H3,(H2,18,23). The molecule has 1 aromatic rings. The van der Waals surface area contributed by atoms with Crippen molar-refractivity contribution < 1.29 is 9.59 Å². The van der Waals surface area contributed by atoms with E-state index < -0.39 is 5.41 Å². The largest absolute Gasteiger partial charge is 0.369 e. The van der Waals surface area contributed by atoms with Crippen LogP contribution < -0.4 is 5.73 Å². The summed E-state index contributed by atoms with van der Waals surface area (Å²) in [4.78, 5) is 26.8. The number of carbonyl (C=O) groups is 2. The van der Waals surface area contributed by atoms with E-state index in [0.717, 1.165) is 31.5 Å². The maximum absolute atomic E-state index is 12.9. The van der Waals surface area contributed by atoms with Gasteiger partial charge in [-0.1, -0.05) is 12.8 Å². The van der Waals surface area contributed by atoms with Gasteiger partial charge < -0.3 is 10.6 Å². The second-order valence-corrected chi connectivity index (χ2v) is 7.11. The topological polar surface area (TPSA) is 81.2 Å². The molecule has 0 aromatic carbocycles. The number of carbonyl (C=O) groups excluding carboxylic acids is 2. The van der Waals surface area contributed by atoms with E-state index in [2.05, 4.69) is 5.10 Å². The molecule has 0 spiro atoms. The van der Waals surface area contributed by atoms with Gasteiger partial charge in [0.15, 0.2) is 0 Å². The van der Waals surface area contributed by atoms with Crippen molar-refractivity contribution in [1.82, 2.24) is 14.7 Å². The van der Waals surface area contributed by atoms with Crippen LogP contribution in [0.4, 0.5) is 0 Å². The third kappa shape index (κ3) is 3.12. The summed E-state index contributed by atoms with van der Waals surface area (Å²) in [5, 5.41) is 4.35. The van der Waals surface area contributed by atoms with Crippen molar-refractivity contribution in [3.05, 3.63) is 17.5 Å². The van der Waals surface area contributed by atoms with Crippen LogP contribution in [0.5, 0.6) is 0 Å². The van der Waals surface area contributed by atoms with Crippen LogP contribution in [0.2, 0.25) is 0 Å². The van der Waals surface area contributed by atoms with Crippen LogP contribution in [0.3, 0.4) is 0 Å². The van der Waals surface area contributed by atoms with Gasteiger partial charge in [0.2, 0.25) is 5.91 Å². The van der Waals surface area contributed by atoms with Crippen molar-refractivity contribution in [3.8, 4) is 0 Å². The average Bonchev–Trinajstić information content (AvgIpc) is 3.26. The molecular weight excluding hydrogens is 292 g/mol. The SMILES string of the molecule is CCn1cc(C(=O)N2CCCC(CC3CC3)(C(N)=O)C2)c(C)n1. The first-order valence-electron chi connectivity index (χ1n) is 8.58. The van der Waals surface area contributed by atoms with Crippen LogP contribution in [-0.4, -0.2) is 39.6 Å². The Hall–Kier alpha value is -1.85. The molecule has 1 atom stereocenters. The van der Waals surface area contributed by atoms with Crippen molar-refractivity contribution in [1.29, 1.82) is 0 Å². The number of hydrogen-bond acceptors (Lipinski definition) is 3. The van der Waals surface area contributed by atoms with Crippen LogP contribution in [0.15, 0.2) is 6.20 Å². The van der Waals surface area contributed by atoms with Crippen molar-refractivity contribution in [2.45, 2.75) is 52.5 Å². The summed E-state index contributed by atoms with van der Waals surface area (Å²) in [5.74, 6) is 0.341. The molecule has 2 N–H and O–H groups in total. The number of piperidine rings is 1. The Morgan fingerprint density at radius 2 is 2.17 bits per heavy atom. The second-order valence-electron chi connectivity index (χ2n) is 7.11. The summed E-state index contributed by atoms with van der Waals surface area (Å²) in [5.41, 5.74) is 6.59. The lowest BCUT2D eigenvalue weighted by molar-refractivity contribution is -0.131. The molecule has 6 heteroatoms. The maximum atomic E-state index is 12.9. The number of hydrogen-bond donors (Lipinski definition) is 1. The van der Waals surface area contributed by atoms with E-state index in [4.69, 9.17) is 5.73 Å². The highest BCUT2D eigenvalue weighted by Gasteiger charge is 2.45. The second kappa shape index (κ2) is 5.98. The number of amides is 2. The molecule has 0 bridgehead atoms. The molecule has 1 aliphatic heterocycles. The van der Waals surface area contributed by atoms with Gasteiger partial charge in [-0.2, -0.15) is 5.10 Å². The normalized spacial score (nSPS) is 24.7. The molecule has 0 radical (unpaired) electrons. The Morgan fingerprint density at radius 3 is 2.74 bits per heavy atom. The average molecular weight is 318 g/mol. The molecule has 1 saturated carbocycles. The van der Waals surface area contributed by atoms with Gasteiger partial charge in [-0.25, -0.2) is 0 Å². The molecule has 2 amide bonds. The molecule has 126 valence electrons. The monoisotopic (exact) mass is 318 g/mol. The molecule has 2 heterocycles. The molecular formula is C17H26N4O2. The first-order chi connectivity index (χ1) is 10.9. The van der Waals surface area contributed by atoms with Gasteiger partial charge in [-0.05, 0) is 39.0 Å². The zero-order valence-corrected chi connectivity index (χ0v) is 14.0. The minimum absolute atomic E-state index is 0.0247. The molecule has 2 aliphatic rings. The van der Waals surface area contributed by atoms with E-state index in [9.17, 15) is 9.59 Å². The van der Waals surface area contributed by atoms with Gasteiger partial charge in [0.05, 0.1) is 16.7 Å². The number of aryl methyl sites for hydroxylation is 2. The minimum Gasteiger partial charge on any atom is -0.369 e. The fraction of sp³-hybridized carbons (Fsp3) is 0.706. The number of rotatable bonds is 5. The van der Waals surface area contributed by atoms with Crippen LogP contribution in [0, 0.1) is 18.3 Å². The molecule has 23 heavy (non-hydrogen) atoms. The van der Waals surface area contributed by atoms with E-state index in [0.29, 0.717) is 24.6 Å². The van der Waals surface area contributed by atoms with E-state index >= 15 is 0 Å². The molecule has 1 unspecified atom stereocenters. The Morgan fingerprint density at radius 1 is 1.43 bits per heavy atom. The minimum atomic E-state index is -0.538. The highest BCUT2D eigenvalue weighted by molar-refractivity contribution is 5.95. The molecule has 1 aliphatic carbocycles. The number of nitrogens with zero attached hydrogens (tertiary/aromatic N) is 3. The predicted octanol–water partition coefficient (Wildman–Crippen LogP) is 1.72. The first-order valence-corrected chi connectivity index (χ1v) is 8.58. The fourth-order valence-corrected chi connectivity index (χ4v) is 3.71. The van der Waals surface area contributed by atoms with Crippen molar-refractivity contribution >= 4 is 11.8 Å². The van der Waals surface area contributed by atoms with Crippen LogP contribution >= 0.6 is 0 Å². The first kappa shape index (κ1) is 16.0. The lowest BCUT2D eigenvalue weighted by atomic mass is 9.75. The third-order valence-corrected chi connectivity index (χ3v) is 5.26. The van der Waals surface area contributed by atoms with Crippen LogP contribution in [0.25, 0.3) is 0 Å². The Bertz CT molecular complexity index is 620. The van der Waals surface area contributed by atoms with E-state index in [1.165, 1.54) is 12.8 Å². The summed E-state index contributed by atoms with van der Waals surface area (Å²) in [6.45, 7) is 5.73. The van der Waals surface area contributed by atoms with Crippen LogP contribution in [-0.2, 0) is 11.3 Å². The van der Waals surface area contributed by atoms with Gasteiger partial charge in [0, 0.05) is 25.8 Å². The number of nitrogens with two attached hydrogens (primary N) is 1. The summed E-state index contributed by atoms with van der Waals surface area (Å²) >= 11 is 0. The zero-order chi connectivity index (χ0) is 16.6. The molecule has 2 fully saturated rings. The molecule has 3 rings (SSSR count). The third-order valence-electron chi connectivity index (χ3n) is 5.26. The molecule has 6 nitrogen and oxygen atoms in total. The summed E-state index contributed by atoms with van der Waals surface area (Å²) in [6.07, 6.45) is 6.65. The predicted molar refractivity (Wildman–Crippen MR) is 86.7 cm³/mol. The number of likely N-dealkylation sites (tertiary alicyclic amines) is 1.